The van der Waals surface area contributed by atoms with E-state index in [9.17, 15) is 0 Å². The summed E-state index contributed by atoms with van der Waals surface area (Å²) in [5.41, 5.74) is 1.24. The molecule has 2 atom stereocenters. The van der Waals surface area contributed by atoms with E-state index in [1.807, 2.05) is 0 Å². The van der Waals surface area contributed by atoms with Gasteiger partial charge in [0, 0.05) is 24.4 Å². The van der Waals surface area contributed by atoms with Gasteiger partial charge in [0.25, 0.3) is 0 Å². The molecule has 1 aliphatic rings. The molecule has 2 unspecified atom stereocenters. The first-order valence-corrected chi connectivity index (χ1v) is 8.42. The van der Waals surface area contributed by atoms with Crippen LogP contribution in [0.3, 0.4) is 0 Å². The van der Waals surface area contributed by atoms with Gasteiger partial charge in [-0.3, -0.25) is 0 Å². The molecule has 1 N–H and O–H groups in total. The second-order valence-corrected chi connectivity index (χ2v) is 6.44. The Balaban J connectivity index is 1.72. The Bertz CT molecular complexity index is 361. The lowest BCUT2D eigenvalue weighted by molar-refractivity contribution is 0.101. The zero-order valence-electron chi connectivity index (χ0n) is 12.2. The summed E-state index contributed by atoms with van der Waals surface area (Å²) in [5, 5.41) is 6.95. The second kappa shape index (κ2) is 7.98. The third-order valence-corrected chi connectivity index (χ3v) is 4.54. The fraction of sp³-hybridized carbons (Fsp3) is 0.800. The third-order valence-electron chi connectivity index (χ3n) is 3.72. The minimum atomic E-state index is 0.531. The molecule has 0 aliphatic carbocycles. The maximum absolute atomic E-state index is 5.69. The molecule has 1 fully saturated rings. The summed E-state index contributed by atoms with van der Waals surface area (Å²) < 4.78 is 5.69. The summed E-state index contributed by atoms with van der Waals surface area (Å²) >= 11 is 1.75. The van der Waals surface area contributed by atoms with Gasteiger partial charge in [0.15, 0.2) is 0 Å². The van der Waals surface area contributed by atoms with Crippen molar-refractivity contribution >= 4 is 11.3 Å². The minimum Gasteiger partial charge on any atom is -0.378 e. The van der Waals surface area contributed by atoms with Crippen LogP contribution in [0.2, 0.25) is 0 Å². The third kappa shape index (κ3) is 5.21. The van der Waals surface area contributed by atoms with Crippen molar-refractivity contribution < 1.29 is 4.74 Å². The molecule has 0 spiro atoms. The van der Waals surface area contributed by atoms with E-state index in [4.69, 9.17) is 4.74 Å². The second-order valence-electron chi connectivity index (χ2n) is 5.38. The largest absolute Gasteiger partial charge is 0.378 e. The van der Waals surface area contributed by atoms with Crippen molar-refractivity contribution in [3.8, 4) is 0 Å². The number of ether oxygens (including phenoxy) is 1. The molecule has 4 heteroatoms. The topological polar surface area (TPSA) is 34.1 Å². The van der Waals surface area contributed by atoms with E-state index in [0.717, 1.165) is 19.6 Å². The van der Waals surface area contributed by atoms with E-state index < -0.39 is 0 Å². The molecule has 108 valence electrons. The molecule has 1 saturated heterocycles. The van der Waals surface area contributed by atoms with E-state index in [-0.39, 0.29) is 0 Å². The smallest absolute Gasteiger partial charge is 0.0897 e. The molecule has 2 heterocycles. The lowest BCUT2D eigenvalue weighted by Crippen LogP contribution is -2.31. The number of hydrogen-bond acceptors (Lipinski definition) is 4. The quantitative estimate of drug-likeness (QED) is 0.794. The van der Waals surface area contributed by atoms with Crippen molar-refractivity contribution in [2.24, 2.45) is 0 Å². The molecule has 1 aromatic rings. The average molecular weight is 282 g/mol. The van der Waals surface area contributed by atoms with Crippen molar-refractivity contribution in [2.75, 3.05) is 13.2 Å². The van der Waals surface area contributed by atoms with Crippen LogP contribution in [0.4, 0.5) is 0 Å². The van der Waals surface area contributed by atoms with Crippen molar-refractivity contribution in [1.29, 1.82) is 0 Å². The molecule has 2 rings (SSSR count). The van der Waals surface area contributed by atoms with Crippen LogP contribution in [0.5, 0.6) is 0 Å². The number of likely N-dealkylation sites (N-methyl/N-ethyl adjacent to an activating group) is 1. The van der Waals surface area contributed by atoms with Crippen LogP contribution in [0.1, 0.15) is 49.7 Å². The summed E-state index contributed by atoms with van der Waals surface area (Å²) in [6, 6.07) is 0.563. The number of nitrogens with zero attached hydrogens (tertiary/aromatic N) is 1. The molecule has 0 radical (unpaired) electrons. The van der Waals surface area contributed by atoms with Crippen LogP contribution in [0, 0.1) is 6.92 Å². The highest BCUT2D eigenvalue weighted by atomic mass is 32.1. The summed E-state index contributed by atoms with van der Waals surface area (Å²) in [5.74, 6) is 0. The van der Waals surface area contributed by atoms with Crippen LogP contribution in [0.15, 0.2) is 5.38 Å². The maximum atomic E-state index is 5.69. The molecule has 0 bridgehead atoms. The zero-order valence-corrected chi connectivity index (χ0v) is 13.0. The van der Waals surface area contributed by atoms with Crippen molar-refractivity contribution in [3.63, 3.8) is 0 Å². The van der Waals surface area contributed by atoms with Gasteiger partial charge >= 0.3 is 0 Å². The van der Waals surface area contributed by atoms with Gasteiger partial charge in [-0.1, -0.05) is 6.92 Å². The summed E-state index contributed by atoms with van der Waals surface area (Å²) in [6.45, 7) is 6.26. The van der Waals surface area contributed by atoms with E-state index >= 15 is 0 Å². The molecular weight excluding hydrogens is 256 g/mol. The Morgan fingerprint density at radius 3 is 3.11 bits per heavy atom. The first-order valence-electron chi connectivity index (χ1n) is 7.54. The van der Waals surface area contributed by atoms with Crippen LogP contribution in [0.25, 0.3) is 0 Å². The Morgan fingerprint density at radius 2 is 2.47 bits per heavy atom. The van der Waals surface area contributed by atoms with Crippen molar-refractivity contribution in [2.45, 2.75) is 64.5 Å². The number of aryl methyl sites for hydroxylation is 1. The normalized spacial score (nSPS) is 20.8. The fourth-order valence-electron chi connectivity index (χ4n) is 2.78. The van der Waals surface area contributed by atoms with Gasteiger partial charge < -0.3 is 10.1 Å². The Kier molecular flexibility index (Phi) is 6.28. The van der Waals surface area contributed by atoms with Gasteiger partial charge in [0.05, 0.1) is 16.8 Å². The van der Waals surface area contributed by atoms with Crippen LogP contribution < -0.4 is 5.32 Å². The van der Waals surface area contributed by atoms with Crippen molar-refractivity contribution in [3.05, 3.63) is 16.1 Å². The number of thiazole rings is 1. The lowest BCUT2D eigenvalue weighted by atomic mass is 10.0. The fourth-order valence-corrected chi connectivity index (χ4v) is 3.41. The lowest BCUT2D eigenvalue weighted by Gasteiger charge is -2.18. The first kappa shape index (κ1) is 14.9. The Labute approximate surface area is 120 Å². The number of rotatable bonds is 8. The van der Waals surface area contributed by atoms with Crippen LogP contribution >= 0.6 is 11.3 Å². The SMILES string of the molecule is CCNC(CCCC1CCCO1)Cc1csc(C)n1. The summed E-state index contributed by atoms with van der Waals surface area (Å²) in [7, 11) is 0. The molecule has 1 aliphatic heterocycles. The van der Waals surface area contributed by atoms with Gasteiger partial charge in [-0.15, -0.1) is 11.3 Å². The highest BCUT2D eigenvalue weighted by Crippen LogP contribution is 2.19. The monoisotopic (exact) mass is 282 g/mol. The molecule has 0 aromatic carbocycles. The van der Waals surface area contributed by atoms with E-state index in [1.165, 1.54) is 42.8 Å². The van der Waals surface area contributed by atoms with Gasteiger partial charge in [-0.2, -0.15) is 0 Å². The number of nitrogens with one attached hydrogen (secondary N) is 1. The van der Waals surface area contributed by atoms with Gasteiger partial charge in [0.2, 0.25) is 0 Å². The van der Waals surface area contributed by atoms with Crippen molar-refractivity contribution in [1.82, 2.24) is 10.3 Å². The number of hydrogen-bond donors (Lipinski definition) is 1. The highest BCUT2D eigenvalue weighted by Gasteiger charge is 2.16. The predicted octanol–water partition coefficient (Wildman–Crippen LogP) is 3.32. The molecule has 0 saturated carbocycles. The average Bonchev–Trinajstić information content (AvgIpc) is 3.01. The Hall–Kier alpha value is -0.450. The van der Waals surface area contributed by atoms with Gasteiger partial charge in [-0.05, 0) is 45.6 Å². The first-order chi connectivity index (χ1) is 9.28. The zero-order chi connectivity index (χ0) is 13.5. The predicted molar refractivity (Wildman–Crippen MR) is 80.8 cm³/mol. The molecule has 3 nitrogen and oxygen atoms in total. The van der Waals surface area contributed by atoms with E-state index in [2.05, 4.69) is 29.5 Å². The standard InChI is InChI=1S/C15H26N2OS/c1-3-16-13(10-14-11-19-12(2)17-14)6-4-7-15-8-5-9-18-15/h11,13,15-16H,3-10H2,1-2H3. The van der Waals surface area contributed by atoms with E-state index in [1.54, 1.807) is 11.3 Å². The van der Waals surface area contributed by atoms with Gasteiger partial charge in [0.1, 0.15) is 0 Å². The summed E-state index contributed by atoms with van der Waals surface area (Å²) in [4.78, 5) is 4.57. The molecule has 0 amide bonds. The number of aromatic nitrogens is 1. The molecule has 1 aromatic heterocycles. The maximum Gasteiger partial charge on any atom is 0.0897 e. The Morgan fingerprint density at radius 1 is 1.58 bits per heavy atom. The highest BCUT2D eigenvalue weighted by molar-refractivity contribution is 7.09. The van der Waals surface area contributed by atoms with Crippen LogP contribution in [-0.4, -0.2) is 30.3 Å². The van der Waals surface area contributed by atoms with E-state index in [0.29, 0.717) is 12.1 Å². The van der Waals surface area contributed by atoms with Crippen LogP contribution in [-0.2, 0) is 11.2 Å². The molecular formula is C15H26N2OS. The minimum absolute atomic E-state index is 0.531. The summed E-state index contributed by atoms with van der Waals surface area (Å²) in [6.07, 6.45) is 7.80. The molecule has 19 heavy (non-hydrogen) atoms. The van der Waals surface area contributed by atoms with Gasteiger partial charge in [-0.25, -0.2) is 4.98 Å².